The third kappa shape index (κ3) is 37.7. The van der Waals surface area contributed by atoms with E-state index in [2.05, 4.69) is 86.8 Å². The van der Waals surface area contributed by atoms with Crippen molar-refractivity contribution in [2.45, 2.75) is 187 Å². The van der Waals surface area contributed by atoms with Gasteiger partial charge in [-0.25, -0.2) is 0 Å². The Balaban J connectivity index is 4.16. The van der Waals surface area contributed by atoms with Gasteiger partial charge in [0.1, 0.15) is 6.10 Å². The summed E-state index contributed by atoms with van der Waals surface area (Å²) in [5.41, 5.74) is 0. The minimum absolute atomic E-state index is 0.0861. The van der Waals surface area contributed by atoms with Gasteiger partial charge in [-0.15, -0.1) is 0 Å². The third-order valence-corrected chi connectivity index (χ3v) is 8.15. The van der Waals surface area contributed by atoms with E-state index in [0.717, 1.165) is 83.5 Å². The maximum Gasteiger partial charge on any atom is 0.306 e. The molecule has 0 saturated heterocycles. The van der Waals surface area contributed by atoms with Crippen molar-refractivity contribution < 1.29 is 19.4 Å². The van der Waals surface area contributed by atoms with Gasteiger partial charge >= 0.3 is 11.9 Å². The molecule has 0 heterocycles. The normalized spacial score (nSPS) is 13.1. The van der Waals surface area contributed by atoms with Crippen molar-refractivity contribution in [1.82, 2.24) is 0 Å². The van der Waals surface area contributed by atoms with E-state index in [-0.39, 0.29) is 18.5 Å². The molecular formula is C43H72O4. The Kier molecular flexibility index (Phi) is 35.7. The van der Waals surface area contributed by atoms with E-state index in [1.165, 1.54) is 70.6 Å². The highest BCUT2D eigenvalue weighted by molar-refractivity contribution is 5.69. The van der Waals surface area contributed by atoms with Crippen LogP contribution in [0.25, 0.3) is 0 Å². The molecule has 0 saturated carbocycles. The number of carbonyl (C=O) groups excluding carboxylic acids is 1. The average molecular weight is 653 g/mol. The van der Waals surface area contributed by atoms with Crippen LogP contribution in [0.5, 0.6) is 0 Å². The lowest BCUT2D eigenvalue weighted by molar-refractivity contribution is -0.147. The zero-order valence-corrected chi connectivity index (χ0v) is 30.6. The van der Waals surface area contributed by atoms with E-state index in [9.17, 15) is 9.59 Å². The van der Waals surface area contributed by atoms with Crippen LogP contribution in [-0.2, 0) is 14.3 Å². The van der Waals surface area contributed by atoms with Gasteiger partial charge in [-0.2, -0.15) is 0 Å². The van der Waals surface area contributed by atoms with Crippen LogP contribution in [0.3, 0.4) is 0 Å². The van der Waals surface area contributed by atoms with Crippen molar-refractivity contribution in [2.24, 2.45) is 0 Å². The number of allylic oxidation sites excluding steroid dienone is 11. The molecule has 0 aliphatic carbocycles. The number of hydrogen-bond donors (Lipinski definition) is 1. The summed E-state index contributed by atoms with van der Waals surface area (Å²) in [5.74, 6) is -0.806. The van der Waals surface area contributed by atoms with Crippen molar-refractivity contribution in [3.63, 3.8) is 0 Å². The van der Waals surface area contributed by atoms with Crippen molar-refractivity contribution in [2.75, 3.05) is 0 Å². The SMILES string of the molecule is CC/C=C\C/C=C\C/C=C\C/C=C\C(CCCCCCCC(=O)O)OC(=O)CCCCCCCCC/C=C\C/C=C\CCCCCC. The molecule has 0 fully saturated rings. The molecule has 1 N–H and O–H groups in total. The molecule has 0 spiro atoms. The van der Waals surface area contributed by atoms with Gasteiger partial charge in [-0.1, -0.05) is 151 Å². The second-order valence-corrected chi connectivity index (χ2v) is 12.7. The summed E-state index contributed by atoms with van der Waals surface area (Å²) in [4.78, 5) is 23.3. The smallest absolute Gasteiger partial charge is 0.306 e. The van der Waals surface area contributed by atoms with Crippen LogP contribution in [-0.4, -0.2) is 23.1 Å². The molecule has 4 nitrogen and oxygen atoms in total. The lowest BCUT2D eigenvalue weighted by atomic mass is 10.1. The largest absolute Gasteiger partial charge is 0.481 e. The zero-order valence-electron chi connectivity index (χ0n) is 30.6. The number of carbonyl (C=O) groups is 2. The number of hydrogen-bond acceptors (Lipinski definition) is 3. The Bertz CT molecular complexity index is 876. The van der Waals surface area contributed by atoms with Crippen LogP contribution in [0.2, 0.25) is 0 Å². The van der Waals surface area contributed by atoms with E-state index < -0.39 is 5.97 Å². The number of aliphatic carboxylic acids is 1. The summed E-state index contributed by atoms with van der Waals surface area (Å²) < 4.78 is 5.88. The van der Waals surface area contributed by atoms with Gasteiger partial charge in [-0.05, 0) is 89.5 Å². The number of carboxylic acid groups (broad SMARTS) is 1. The third-order valence-electron chi connectivity index (χ3n) is 8.15. The first-order valence-corrected chi connectivity index (χ1v) is 19.4. The zero-order chi connectivity index (χ0) is 34.3. The number of esters is 1. The van der Waals surface area contributed by atoms with Crippen LogP contribution >= 0.6 is 0 Å². The molecule has 4 heteroatoms. The van der Waals surface area contributed by atoms with Crippen LogP contribution in [0.1, 0.15) is 181 Å². The highest BCUT2D eigenvalue weighted by atomic mass is 16.5. The van der Waals surface area contributed by atoms with Crippen LogP contribution < -0.4 is 0 Å². The van der Waals surface area contributed by atoms with E-state index in [0.29, 0.717) is 6.42 Å². The molecule has 0 bridgehead atoms. The summed E-state index contributed by atoms with van der Waals surface area (Å²) >= 11 is 0. The van der Waals surface area contributed by atoms with Gasteiger partial charge in [0.15, 0.2) is 0 Å². The van der Waals surface area contributed by atoms with E-state index >= 15 is 0 Å². The van der Waals surface area contributed by atoms with Crippen molar-refractivity contribution in [1.29, 1.82) is 0 Å². The molecule has 0 aromatic heterocycles. The lowest BCUT2D eigenvalue weighted by Gasteiger charge is -2.14. The predicted molar refractivity (Wildman–Crippen MR) is 204 cm³/mol. The molecule has 0 aromatic carbocycles. The van der Waals surface area contributed by atoms with Crippen LogP contribution in [0, 0.1) is 0 Å². The van der Waals surface area contributed by atoms with Gasteiger partial charge in [0.05, 0.1) is 0 Å². The molecule has 0 radical (unpaired) electrons. The number of ether oxygens (including phenoxy) is 1. The molecular weight excluding hydrogens is 580 g/mol. The summed E-state index contributed by atoms with van der Waals surface area (Å²) in [5, 5.41) is 8.80. The number of rotatable bonds is 34. The topological polar surface area (TPSA) is 63.6 Å². The fourth-order valence-corrected chi connectivity index (χ4v) is 5.30. The summed E-state index contributed by atoms with van der Waals surface area (Å²) in [6.07, 6.45) is 53.6. The predicted octanol–water partition coefficient (Wildman–Crippen LogP) is 13.5. The van der Waals surface area contributed by atoms with Crippen molar-refractivity contribution in [3.05, 3.63) is 72.9 Å². The quantitative estimate of drug-likeness (QED) is 0.0427. The molecule has 0 rings (SSSR count). The fraction of sp³-hybridized carbons (Fsp3) is 0.674. The van der Waals surface area contributed by atoms with Gasteiger partial charge < -0.3 is 9.84 Å². The van der Waals surface area contributed by atoms with Gasteiger partial charge in [0.25, 0.3) is 0 Å². The second-order valence-electron chi connectivity index (χ2n) is 12.7. The van der Waals surface area contributed by atoms with Gasteiger partial charge in [0, 0.05) is 12.8 Å². The molecule has 0 aromatic rings. The summed E-state index contributed by atoms with van der Waals surface area (Å²) in [6.45, 7) is 4.40. The maximum absolute atomic E-state index is 12.6. The molecule has 0 aliphatic rings. The minimum atomic E-state index is -0.720. The Morgan fingerprint density at radius 3 is 1.51 bits per heavy atom. The van der Waals surface area contributed by atoms with Gasteiger partial charge in [0.2, 0.25) is 0 Å². The Hall–Kier alpha value is -2.62. The number of carboxylic acids is 1. The first kappa shape index (κ1) is 44.4. The molecule has 268 valence electrons. The Labute approximate surface area is 290 Å². The van der Waals surface area contributed by atoms with Crippen molar-refractivity contribution >= 4 is 11.9 Å². The molecule has 1 unspecified atom stereocenters. The summed E-state index contributed by atoms with van der Waals surface area (Å²) in [6, 6.07) is 0. The molecule has 0 aliphatic heterocycles. The fourth-order valence-electron chi connectivity index (χ4n) is 5.30. The highest BCUT2D eigenvalue weighted by Crippen LogP contribution is 2.15. The Morgan fingerprint density at radius 2 is 0.957 bits per heavy atom. The monoisotopic (exact) mass is 653 g/mol. The molecule has 0 amide bonds. The van der Waals surface area contributed by atoms with Crippen LogP contribution in [0.4, 0.5) is 0 Å². The highest BCUT2D eigenvalue weighted by Gasteiger charge is 2.11. The van der Waals surface area contributed by atoms with E-state index in [4.69, 9.17) is 9.84 Å². The lowest BCUT2D eigenvalue weighted by Crippen LogP contribution is -2.16. The standard InChI is InChI=1S/C43H72O4/c1-3-5-7-9-11-13-15-16-17-18-19-20-21-23-25-27-32-36-40-43(46)47-41(38-34-30-28-31-35-39-42(44)45)37-33-29-26-24-22-14-12-10-8-6-4-2/h6,8,12-15,17-18,24,26,33,37,41H,3-5,7,9-11,16,19-23,25,27-32,34-36,38-40H2,1-2H3,(H,44,45)/b8-6-,14-12-,15-13-,18-17-,26-24-,37-33-. The first-order chi connectivity index (χ1) is 23.1. The van der Waals surface area contributed by atoms with Crippen molar-refractivity contribution in [3.8, 4) is 0 Å². The average Bonchev–Trinajstić information content (AvgIpc) is 3.05. The maximum atomic E-state index is 12.6. The van der Waals surface area contributed by atoms with E-state index in [1.807, 2.05) is 0 Å². The van der Waals surface area contributed by atoms with E-state index in [1.54, 1.807) is 0 Å². The second kappa shape index (κ2) is 37.8. The van der Waals surface area contributed by atoms with Gasteiger partial charge in [-0.3, -0.25) is 9.59 Å². The molecule has 1 atom stereocenters. The van der Waals surface area contributed by atoms with Crippen LogP contribution in [0.15, 0.2) is 72.9 Å². The summed E-state index contributed by atoms with van der Waals surface area (Å²) in [7, 11) is 0. The number of unbranched alkanes of at least 4 members (excludes halogenated alkanes) is 15. The Morgan fingerprint density at radius 1 is 0.511 bits per heavy atom. The molecule has 47 heavy (non-hydrogen) atoms. The minimum Gasteiger partial charge on any atom is -0.481 e. The first-order valence-electron chi connectivity index (χ1n) is 19.4.